The lowest BCUT2D eigenvalue weighted by Crippen LogP contribution is -2.01. The van der Waals surface area contributed by atoms with Gasteiger partial charge in [-0.2, -0.15) is 5.26 Å². The highest BCUT2D eigenvalue weighted by Gasteiger charge is 2.22. The smallest absolute Gasteiger partial charge is 0.226 e. The molecule has 3 rings (SSSR count). The second kappa shape index (κ2) is 7.01. The number of allylic oxidation sites excluding steroid dienone is 1. The largest absolute Gasteiger partial charge is 0.456 e. The molecule has 0 aliphatic carbocycles. The molecule has 0 bridgehead atoms. The maximum Gasteiger partial charge on any atom is 0.226 e. The zero-order valence-corrected chi connectivity index (χ0v) is 14.7. The highest BCUT2D eigenvalue weighted by molar-refractivity contribution is 7.97. The summed E-state index contributed by atoms with van der Waals surface area (Å²) >= 11 is 2.40. The van der Waals surface area contributed by atoms with Crippen LogP contribution in [0.1, 0.15) is 4.88 Å². The minimum Gasteiger partial charge on any atom is -0.456 e. The molecule has 4 nitrogen and oxygen atoms in total. The molecule has 7 heteroatoms. The fourth-order valence-electron chi connectivity index (χ4n) is 1.93. The van der Waals surface area contributed by atoms with Gasteiger partial charge in [0.25, 0.3) is 0 Å². The second-order valence-corrected chi connectivity index (χ2v) is 8.66. The zero-order valence-electron chi connectivity index (χ0n) is 12.2. The summed E-state index contributed by atoms with van der Waals surface area (Å²) in [4.78, 5) is 0.279. The van der Waals surface area contributed by atoms with E-state index in [2.05, 4.69) is 0 Å². The maximum atomic E-state index is 12.5. The molecule has 1 aromatic carbocycles. The third-order valence-corrected chi connectivity index (χ3v) is 6.96. The Morgan fingerprint density at radius 2 is 1.83 bits per heavy atom. The first kappa shape index (κ1) is 16.5. The molecule has 3 aromatic rings. The first-order valence-corrected chi connectivity index (χ1v) is 10.1. The lowest BCUT2D eigenvalue weighted by atomic mass is 10.3. The molecule has 0 amide bonds. The fraction of sp³-hybridized carbons (Fsp3) is 0. The van der Waals surface area contributed by atoms with Gasteiger partial charge in [0.05, 0.1) is 4.88 Å². The Bertz CT molecular complexity index is 995. The van der Waals surface area contributed by atoms with Gasteiger partial charge in [0, 0.05) is 0 Å². The molecule has 0 saturated heterocycles. The van der Waals surface area contributed by atoms with Gasteiger partial charge in [-0.1, -0.05) is 24.3 Å². The quantitative estimate of drug-likeness (QED) is 0.594. The average molecular weight is 373 g/mol. The van der Waals surface area contributed by atoms with E-state index in [9.17, 15) is 13.7 Å². The third kappa shape index (κ3) is 3.41. The van der Waals surface area contributed by atoms with Crippen molar-refractivity contribution in [3.63, 3.8) is 0 Å². The summed E-state index contributed by atoms with van der Waals surface area (Å²) in [6.45, 7) is 0. The van der Waals surface area contributed by atoms with Crippen molar-refractivity contribution in [1.82, 2.24) is 0 Å². The first-order chi connectivity index (χ1) is 11.6. The highest BCUT2D eigenvalue weighted by atomic mass is 32.2. The van der Waals surface area contributed by atoms with Crippen molar-refractivity contribution in [1.29, 1.82) is 5.26 Å². The van der Waals surface area contributed by atoms with E-state index in [0.717, 1.165) is 11.3 Å². The molecule has 2 heterocycles. The van der Waals surface area contributed by atoms with Gasteiger partial charge in [0.2, 0.25) is 9.84 Å². The number of hydrogen-bond acceptors (Lipinski definition) is 6. The molecule has 0 atom stereocenters. The number of ether oxygens (including phenoxy) is 1. The predicted octanol–water partition coefficient (Wildman–Crippen LogP) is 4.94. The standard InChI is InChI=1S/C17H11NO3S3/c18-12-14(24(19,20)17-7-4-9-23-17)11-16-15(8-10-22-16)21-13-5-2-1-3-6-13/h1-11H/b14-11+. The van der Waals surface area contributed by atoms with Crippen LogP contribution in [0, 0.1) is 11.3 Å². The van der Waals surface area contributed by atoms with Crippen molar-refractivity contribution in [2.45, 2.75) is 4.21 Å². The van der Waals surface area contributed by atoms with Crippen LogP contribution in [-0.4, -0.2) is 8.42 Å². The summed E-state index contributed by atoms with van der Waals surface area (Å²) in [6.07, 6.45) is 1.36. The van der Waals surface area contributed by atoms with Gasteiger partial charge in [-0.05, 0) is 41.1 Å². The number of sulfone groups is 1. The van der Waals surface area contributed by atoms with E-state index in [0.29, 0.717) is 16.4 Å². The van der Waals surface area contributed by atoms with Gasteiger partial charge in [-0.15, -0.1) is 22.7 Å². The van der Waals surface area contributed by atoms with Crippen LogP contribution in [0.15, 0.2) is 68.4 Å². The van der Waals surface area contributed by atoms with Crippen molar-refractivity contribution in [3.8, 4) is 17.6 Å². The number of benzene rings is 1. The average Bonchev–Trinajstić information content (AvgIpc) is 3.26. The minimum atomic E-state index is -3.80. The first-order valence-electron chi connectivity index (χ1n) is 6.82. The van der Waals surface area contributed by atoms with Crippen molar-refractivity contribution < 1.29 is 13.2 Å². The third-order valence-electron chi connectivity index (χ3n) is 3.05. The molecule has 0 spiro atoms. The number of hydrogen-bond donors (Lipinski definition) is 0. The number of rotatable bonds is 5. The van der Waals surface area contributed by atoms with Gasteiger partial charge in [0.1, 0.15) is 21.8 Å². The summed E-state index contributed by atoms with van der Waals surface area (Å²) in [5.74, 6) is 1.16. The van der Waals surface area contributed by atoms with Crippen molar-refractivity contribution in [2.75, 3.05) is 0 Å². The molecule has 0 N–H and O–H groups in total. The molecule has 0 saturated carbocycles. The Morgan fingerprint density at radius 3 is 2.50 bits per heavy atom. The summed E-state index contributed by atoms with van der Waals surface area (Å²) in [6, 6.07) is 15.8. The Kier molecular flexibility index (Phi) is 4.81. The van der Waals surface area contributed by atoms with Crippen LogP contribution in [-0.2, 0) is 9.84 Å². The van der Waals surface area contributed by atoms with Crippen molar-refractivity contribution >= 4 is 38.6 Å². The van der Waals surface area contributed by atoms with Gasteiger partial charge < -0.3 is 4.74 Å². The molecule has 0 radical (unpaired) electrons. The maximum absolute atomic E-state index is 12.5. The summed E-state index contributed by atoms with van der Waals surface area (Å²) in [5.41, 5.74) is 0. The van der Waals surface area contributed by atoms with E-state index in [1.807, 2.05) is 18.2 Å². The van der Waals surface area contributed by atoms with Crippen LogP contribution in [0.3, 0.4) is 0 Å². The molecule has 2 aromatic heterocycles. The van der Waals surface area contributed by atoms with Crippen molar-refractivity contribution in [2.24, 2.45) is 0 Å². The normalized spacial score (nSPS) is 11.9. The summed E-state index contributed by atoms with van der Waals surface area (Å²) in [5, 5.41) is 12.8. The lowest BCUT2D eigenvalue weighted by Gasteiger charge is -2.05. The Balaban J connectivity index is 1.96. The minimum absolute atomic E-state index is 0.150. The van der Waals surface area contributed by atoms with Gasteiger partial charge in [0.15, 0.2) is 4.91 Å². The van der Waals surface area contributed by atoms with Crippen LogP contribution in [0.25, 0.3) is 6.08 Å². The molecular formula is C17H11NO3S3. The lowest BCUT2D eigenvalue weighted by molar-refractivity contribution is 0.484. The Morgan fingerprint density at radius 1 is 1.04 bits per heavy atom. The zero-order chi connectivity index (χ0) is 17.0. The van der Waals surface area contributed by atoms with Crippen LogP contribution in [0.2, 0.25) is 0 Å². The summed E-state index contributed by atoms with van der Waals surface area (Å²) < 4.78 is 30.9. The highest BCUT2D eigenvalue weighted by Crippen LogP contribution is 2.33. The van der Waals surface area contributed by atoms with Crippen LogP contribution < -0.4 is 4.74 Å². The van der Waals surface area contributed by atoms with Crippen molar-refractivity contribution in [3.05, 3.63) is 69.1 Å². The van der Waals surface area contributed by atoms with Gasteiger partial charge >= 0.3 is 0 Å². The van der Waals surface area contributed by atoms with E-state index in [1.165, 1.54) is 23.5 Å². The molecule has 0 unspecified atom stereocenters. The molecular weight excluding hydrogens is 362 g/mol. The summed E-state index contributed by atoms with van der Waals surface area (Å²) in [7, 11) is -3.80. The SMILES string of the molecule is N#C/C(=C\c1sccc1Oc1ccccc1)S(=O)(=O)c1cccs1. The Labute approximate surface area is 147 Å². The number of nitriles is 1. The van der Waals surface area contributed by atoms with E-state index in [-0.39, 0.29) is 9.11 Å². The second-order valence-electron chi connectivity index (χ2n) is 4.62. The van der Waals surface area contributed by atoms with Gasteiger partial charge in [-0.25, -0.2) is 8.42 Å². The molecule has 120 valence electrons. The van der Waals surface area contributed by atoms with Crippen LogP contribution >= 0.6 is 22.7 Å². The fourth-order valence-corrected chi connectivity index (χ4v) is 5.01. The van der Waals surface area contributed by atoms with E-state index >= 15 is 0 Å². The Hall–Kier alpha value is -2.40. The van der Waals surface area contributed by atoms with Gasteiger partial charge in [-0.3, -0.25) is 0 Å². The molecule has 0 fully saturated rings. The monoisotopic (exact) mass is 373 g/mol. The molecule has 24 heavy (non-hydrogen) atoms. The number of thiophene rings is 2. The number of nitrogens with zero attached hydrogens (tertiary/aromatic N) is 1. The van der Waals surface area contributed by atoms with E-state index in [4.69, 9.17) is 4.74 Å². The van der Waals surface area contributed by atoms with E-state index < -0.39 is 9.84 Å². The number of para-hydroxylation sites is 1. The van der Waals surface area contributed by atoms with Crippen LogP contribution in [0.4, 0.5) is 0 Å². The topological polar surface area (TPSA) is 67.2 Å². The molecule has 0 aliphatic rings. The van der Waals surface area contributed by atoms with Crippen LogP contribution in [0.5, 0.6) is 11.5 Å². The molecule has 0 aliphatic heterocycles. The predicted molar refractivity (Wildman–Crippen MR) is 95.9 cm³/mol. The van der Waals surface area contributed by atoms with E-state index in [1.54, 1.807) is 41.1 Å².